The smallest absolute Gasteiger partial charge is 0.459 e. The first kappa shape index (κ1) is 29.9. The fraction of sp³-hybridized carbons (Fsp3) is 0.478. The van der Waals surface area contributed by atoms with E-state index in [0.717, 1.165) is 0 Å². The molecule has 6 atom stereocenters. The molecule has 1 saturated heterocycles. The van der Waals surface area contributed by atoms with Crippen LogP contribution in [0, 0.1) is 5.41 Å². The van der Waals surface area contributed by atoms with Crippen molar-refractivity contribution in [2.45, 2.75) is 57.7 Å². The Labute approximate surface area is 225 Å². The lowest BCUT2D eigenvalue weighted by molar-refractivity contribution is -0.891. The molecular weight excluding hydrogens is 541 g/mol. The molecule has 1 spiro atoms. The third-order valence-corrected chi connectivity index (χ3v) is 8.10. The van der Waals surface area contributed by atoms with Crippen LogP contribution in [0.1, 0.15) is 27.7 Å². The fourth-order valence-corrected chi connectivity index (χ4v) is 5.65. The van der Waals surface area contributed by atoms with Gasteiger partial charge in [-0.1, -0.05) is 23.7 Å². The van der Waals surface area contributed by atoms with Crippen LogP contribution < -0.4 is 14.9 Å². The van der Waals surface area contributed by atoms with Crippen LogP contribution in [0.3, 0.4) is 0 Å². The van der Waals surface area contributed by atoms with Crippen molar-refractivity contribution in [2.24, 2.45) is 4.99 Å². The molecule has 0 radical (unpaired) electrons. The Kier molecular flexibility index (Phi) is 9.15. The Morgan fingerprint density at radius 2 is 2.13 bits per heavy atom. The van der Waals surface area contributed by atoms with Crippen molar-refractivity contribution in [1.29, 1.82) is 5.41 Å². The molecule has 0 aliphatic carbocycles. The maximum atomic E-state index is 13.8. The van der Waals surface area contributed by atoms with E-state index in [1.54, 1.807) is 26.0 Å². The number of aliphatic imine (C=N–C) groups is 1. The number of carbonyl (C=O) groups is 2. The summed E-state index contributed by atoms with van der Waals surface area (Å²) < 4.78 is 35.4. The van der Waals surface area contributed by atoms with Gasteiger partial charge in [-0.3, -0.25) is 20.0 Å². The summed E-state index contributed by atoms with van der Waals surface area (Å²) in [6.07, 6.45) is -0.282. The average molecular weight is 573 g/mol. The molecule has 2 aliphatic heterocycles. The van der Waals surface area contributed by atoms with Crippen molar-refractivity contribution in [3.8, 4) is 5.75 Å². The Bertz CT molecular complexity index is 1180. The van der Waals surface area contributed by atoms with Crippen molar-refractivity contribution in [1.82, 2.24) is 10.4 Å². The molecule has 0 bridgehead atoms. The largest absolute Gasteiger partial charge is 0.462 e. The van der Waals surface area contributed by atoms with Crippen LogP contribution in [-0.2, 0) is 23.4 Å². The van der Waals surface area contributed by atoms with Crippen LogP contribution in [0.15, 0.2) is 41.5 Å². The first-order valence-electron chi connectivity index (χ1n) is 11.7. The van der Waals surface area contributed by atoms with Gasteiger partial charge >= 0.3 is 19.7 Å². The van der Waals surface area contributed by atoms with Crippen LogP contribution in [-0.4, -0.2) is 77.5 Å². The molecule has 1 aromatic rings. The van der Waals surface area contributed by atoms with Crippen molar-refractivity contribution in [2.75, 3.05) is 13.3 Å². The lowest BCUT2D eigenvalue weighted by Crippen LogP contribution is -2.76. The van der Waals surface area contributed by atoms with E-state index in [0.29, 0.717) is 0 Å². The third-order valence-electron chi connectivity index (χ3n) is 6.15. The summed E-state index contributed by atoms with van der Waals surface area (Å²) in [6.45, 7) is 9.03. The van der Waals surface area contributed by atoms with Crippen LogP contribution in [0.25, 0.3) is 0 Å². The van der Waals surface area contributed by atoms with Crippen LogP contribution in [0.2, 0.25) is 5.02 Å². The SMILES string of the molecule is C=NC1(C)[C@H](O)[C@@H](COP(=O)(N[C@@H](C)C(=O)OC(C)C)Oc2ccccc2Cl)OC[N+]12C=CC(=N)NC2=O. The number of benzene rings is 1. The average Bonchev–Trinajstić information content (AvgIpc) is 2.85. The number of halogens is 1. The summed E-state index contributed by atoms with van der Waals surface area (Å²) in [7, 11) is -4.33. The summed E-state index contributed by atoms with van der Waals surface area (Å²) in [6, 6.07) is 4.50. The summed E-state index contributed by atoms with van der Waals surface area (Å²) >= 11 is 6.17. The number of esters is 1. The molecule has 2 aliphatic rings. The number of hydrogen-bond donors (Lipinski definition) is 4. The maximum absolute atomic E-state index is 13.8. The highest BCUT2D eigenvalue weighted by Crippen LogP contribution is 2.48. The Balaban J connectivity index is 1.84. The molecule has 15 heteroatoms. The molecule has 0 saturated carbocycles. The van der Waals surface area contributed by atoms with E-state index in [2.05, 4.69) is 22.1 Å². The summed E-state index contributed by atoms with van der Waals surface area (Å²) in [5.41, 5.74) is -1.55. The zero-order valence-electron chi connectivity index (χ0n) is 21.4. The van der Waals surface area contributed by atoms with E-state index in [9.17, 15) is 19.3 Å². The van der Waals surface area contributed by atoms with Crippen LogP contribution in [0.4, 0.5) is 4.79 Å². The number of aliphatic hydroxyl groups is 1. The number of urea groups is 1. The molecule has 38 heavy (non-hydrogen) atoms. The van der Waals surface area contributed by atoms with Gasteiger partial charge in [0.1, 0.15) is 29.9 Å². The standard InChI is InChI=1S/C23H31ClN5O8P/c1-14(2)36-21(31)15(3)28-38(33,37-17-9-7-6-8-16(17)24)35-12-18-20(30)23(4,26-5)29(13-34-18)11-10-19(25)27-22(29)32/h6-11,14-15,18,20,30H,5,12-13H2,1-4H3,(H2-,25,27,28,32,33)/p+1/t15-,18+,20+,23?,29?,38?/m0/s1. The highest BCUT2D eigenvalue weighted by atomic mass is 35.5. The summed E-state index contributed by atoms with van der Waals surface area (Å²) in [4.78, 5) is 29.3. The van der Waals surface area contributed by atoms with E-state index in [1.165, 1.54) is 38.3 Å². The maximum Gasteiger partial charge on any atom is 0.459 e. The molecule has 4 N–H and O–H groups in total. The summed E-state index contributed by atoms with van der Waals surface area (Å²) in [5.74, 6) is -0.790. The van der Waals surface area contributed by atoms with Gasteiger partial charge in [0.05, 0.1) is 17.7 Å². The number of nitrogens with one attached hydrogen (secondary N) is 3. The van der Waals surface area contributed by atoms with E-state index in [4.69, 9.17) is 35.5 Å². The van der Waals surface area contributed by atoms with E-state index in [1.807, 2.05) is 0 Å². The number of carbonyl (C=O) groups excluding carboxylic acids is 2. The quantitative estimate of drug-likeness (QED) is 0.142. The van der Waals surface area contributed by atoms with Gasteiger partial charge in [0.25, 0.3) is 0 Å². The number of para-hydroxylation sites is 1. The molecule has 2 heterocycles. The van der Waals surface area contributed by atoms with Crippen LogP contribution >= 0.6 is 19.3 Å². The van der Waals surface area contributed by atoms with Crippen molar-refractivity contribution >= 4 is 43.9 Å². The number of hydrogen-bond acceptors (Lipinski definition) is 10. The Morgan fingerprint density at radius 1 is 1.45 bits per heavy atom. The second-order valence-electron chi connectivity index (χ2n) is 9.21. The minimum Gasteiger partial charge on any atom is -0.462 e. The number of amidine groups is 1. The van der Waals surface area contributed by atoms with E-state index in [-0.39, 0.29) is 23.3 Å². The number of rotatable bonds is 10. The Hall–Kier alpha value is -2.64. The zero-order chi connectivity index (χ0) is 28.3. The predicted octanol–water partition coefficient (Wildman–Crippen LogP) is 2.94. The molecule has 3 unspecified atom stereocenters. The van der Waals surface area contributed by atoms with Crippen LogP contribution in [0.5, 0.6) is 5.75 Å². The second-order valence-corrected chi connectivity index (χ2v) is 11.3. The number of quaternary nitrogens is 1. The topological polar surface area (TPSA) is 169 Å². The van der Waals surface area contributed by atoms with Gasteiger partial charge < -0.3 is 19.1 Å². The van der Waals surface area contributed by atoms with Gasteiger partial charge in [-0.2, -0.15) is 9.57 Å². The first-order valence-corrected chi connectivity index (χ1v) is 13.6. The minimum atomic E-state index is -4.33. The summed E-state index contributed by atoms with van der Waals surface area (Å²) in [5, 5.41) is 24.0. The molecule has 2 amide bonds. The highest BCUT2D eigenvalue weighted by molar-refractivity contribution is 7.52. The molecule has 0 aromatic heterocycles. The molecule has 1 aromatic carbocycles. The molecule has 3 rings (SSSR count). The molecule has 1 fully saturated rings. The predicted molar refractivity (Wildman–Crippen MR) is 139 cm³/mol. The van der Waals surface area contributed by atoms with Gasteiger partial charge in [0.2, 0.25) is 5.66 Å². The second kappa shape index (κ2) is 11.6. The lowest BCUT2D eigenvalue weighted by Gasteiger charge is -2.51. The minimum absolute atomic E-state index is 0.0271. The Morgan fingerprint density at radius 3 is 2.74 bits per heavy atom. The fourth-order valence-electron chi connectivity index (χ4n) is 3.90. The monoisotopic (exact) mass is 572 g/mol. The number of nitrogens with zero attached hydrogens (tertiary/aromatic N) is 2. The molecular formula is C23H32ClN5O8P+. The number of aliphatic hydroxyl groups excluding tert-OH is 1. The highest BCUT2D eigenvalue weighted by Gasteiger charge is 2.63. The molecule has 208 valence electrons. The van der Waals surface area contributed by atoms with Gasteiger partial charge in [-0.15, -0.1) is 0 Å². The van der Waals surface area contributed by atoms with Gasteiger partial charge in [-0.25, -0.2) is 14.4 Å². The lowest BCUT2D eigenvalue weighted by atomic mass is 9.94. The normalized spacial score (nSPS) is 29.4. The number of ether oxygens (including phenoxy) is 2. The molecule has 13 nitrogen and oxygen atoms in total. The van der Waals surface area contributed by atoms with Gasteiger partial charge in [0, 0.05) is 13.0 Å². The van der Waals surface area contributed by atoms with E-state index >= 15 is 0 Å². The third kappa shape index (κ3) is 5.99. The number of amides is 2. The van der Waals surface area contributed by atoms with Gasteiger partial charge in [0.15, 0.2) is 12.8 Å². The van der Waals surface area contributed by atoms with Crippen molar-refractivity contribution in [3.63, 3.8) is 0 Å². The van der Waals surface area contributed by atoms with Crippen molar-refractivity contribution in [3.05, 3.63) is 41.6 Å². The first-order chi connectivity index (χ1) is 17.8. The van der Waals surface area contributed by atoms with E-state index < -0.39 is 60.9 Å². The zero-order valence-corrected chi connectivity index (χ0v) is 23.1. The van der Waals surface area contributed by atoms with Crippen molar-refractivity contribution < 1.29 is 42.3 Å². The van der Waals surface area contributed by atoms with Gasteiger partial charge in [-0.05, 0) is 39.6 Å².